The van der Waals surface area contributed by atoms with E-state index in [0.29, 0.717) is 81.6 Å². The number of anilines is 3. The van der Waals surface area contributed by atoms with Gasteiger partial charge < -0.3 is 34.1 Å². The van der Waals surface area contributed by atoms with Crippen molar-refractivity contribution >= 4 is 23.4 Å². The van der Waals surface area contributed by atoms with Gasteiger partial charge in [0, 0.05) is 51.6 Å². The number of morpholine rings is 1. The average Bonchev–Trinajstić information content (AvgIpc) is 2.82. The second kappa shape index (κ2) is 9.80. The molecule has 1 amide bonds. The maximum absolute atomic E-state index is 13.0. The van der Waals surface area contributed by atoms with Crippen molar-refractivity contribution < 1.29 is 23.7 Å². The largest absolute Gasteiger partial charge is 0.486 e. The summed E-state index contributed by atoms with van der Waals surface area (Å²) in [5, 5.41) is 2.90. The van der Waals surface area contributed by atoms with Crippen LogP contribution in [0.5, 0.6) is 11.5 Å². The molecular formula is C21H27N5O5. The van der Waals surface area contributed by atoms with Crippen molar-refractivity contribution in [3.8, 4) is 11.5 Å². The topological polar surface area (TPSA) is 98.3 Å². The maximum Gasteiger partial charge on any atom is 0.274 e. The van der Waals surface area contributed by atoms with Crippen LogP contribution in [0, 0.1) is 0 Å². The third kappa shape index (κ3) is 5.15. The average molecular weight is 429 g/mol. The highest BCUT2D eigenvalue weighted by Crippen LogP contribution is 2.32. The fourth-order valence-corrected chi connectivity index (χ4v) is 3.30. The van der Waals surface area contributed by atoms with Gasteiger partial charge in [-0.1, -0.05) is 0 Å². The molecule has 0 radical (unpaired) electrons. The fraction of sp³-hybridized carbons (Fsp3) is 0.476. The van der Waals surface area contributed by atoms with E-state index >= 15 is 0 Å². The first-order valence-electron chi connectivity index (χ1n) is 10.3. The number of hydrogen-bond acceptors (Lipinski definition) is 9. The Bertz CT molecular complexity index is 919. The molecule has 1 N–H and O–H groups in total. The Morgan fingerprint density at radius 3 is 2.68 bits per heavy atom. The summed E-state index contributed by atoms with van der Waals surface area (Å²) in [7, 11) is 3.56. The fourth-order valence-electron chi connectivity index (χ4n) is 3.30. The monoisotopic (exact) mass is 429 g/mol. The summed E-state index contributed by atoms with van der Waals surface area (Å²) in [5.74, 6) is 2.12. The Labute approximate surface area is 181 Å². The summed E-state index contributed by atoms with van der Waals surface area (Å²) >= 11 is 0. The van der Waals surface area contributed by atoms with Gasteiger partial charge in [-0.3, -0.25) is 4.79 Å². The number of carbonyl (C=O) groups excluding carboxylic acids is 1. The smallest absolute Gasteiger partial charge is 0.274 e. The van der Waals surface area contributed by atoms with Gasteiger partial charge in [0.25, 0.3) is 5.91 Å². The Morgan fingerprint density at radius 1 is 1.13 bits per heavy atom. The lowest BCUT2D eigenvalue weighted by Crippen LogP contribution is -2.38. The molecule has 0 spiro atoms. The van der Waals surface area contributed by atoms with Crippen molar-refractivity contribution in [1.82, 2.24) is 9.97 Å². The highest BCUT2D eigenvalue weighted by atomic mass is 16.6. The van der Waals surface area contributed by atoms with Crippen LogP contribution in [0.1, 0.15) is 10.5 Å². The SMILES string of the molecule is COCCN(C)c1cc(C(=O)Nc2ccc3c(c2)OCCO3)nc(N2CCOCC2)n1. The summed E-state index contributed by atoms with van der Waals surface area (Å²) in [4.78, 5) is 26.2. The van der Waals surface area contributed by atoms with Gasteiger partial charge in [0.15, 0.2) is 11.5 Å². The second-order valence-corrected chi connectivity index (χ2v) is 7.24. The lowest BCUT2D eigenvalue weighted by Gasteiger charge is -2.28. The van der Waals surface area contributed by atoms with Gasteiger partial charge in [-0.05, 0) is 12.1 Å². The Morgan fingerprint density at radius 2 is 1.90 bits per heavy atom. The highest BCUT2D eigenvalue weighted by molar-refractivity contribution is 6.03. The second-order valence-electron chi connectivity index (χ2n) is 7.24. The van der Waals surface area contributed by atoms with Crippen molar-refractivity contribution in [2.45, 2.75) is 0 Å². The van der Waals surface area contributed by atoms with Gasteiger partial charge in [-0.15, -0.1) is 0 Å². The van der Waals surface area contributed by atoms with Gasteiger partial charge in [0.2, 0.25) is 5.95 Å². The molecule has 2 aliphatic rings. The number of amides is 1. The van der Waals surface area contributed by atoms with E-state index in [4.69, 9.17) is 18.9 Å². The summed E-state index contributed by atoms with van der Waals surface area (Å²) in [5.41, 5.74) is 0.890. The Hall–Kier alpha value is -3.11. The van der Waals surface area contributed by atoms with Crippen LogP contribution in [0.15, 0.2) is 24.3 Å². The number of hydrogen-bond donors (Lipinski definition) is 1. The molecule has 0 unspecified atom stereocenters. The molecule has 0 atom stereocenters. The molecule has 1 saturated heterocycles. The minimum absolute atomic E-state index is 0.283. The molecule has 1 fully saturated rings. The maximum atomic E-state index is 13.0. The molecule has 10 nitrogen and oxygen atoms in total. The number of benzene rings is 1. The summed E-state index contributed by atoms with van der Waals surface area (Å²) in [6.45, 7) is 4.74. The number of aromatic nitrogens is 2. The van der Waals surface area contributed by atoms with Crippen LogP contribution in [0.4, 0.5) is 17.5 Å². The molecule has 4 rings (SSSR count). The minimum Gasteiger partial charge on any atom is -0.486 e. The van der Waals surface area contributed by atoms with Crippen LogP contribution < -0.4 is 24.6 Å². The quantitative estimate of drug-likeness (QED) is 0.701. The molecule has 1 aromatic carbocycles. The zero-order chi connectivity index (χ0) is 21.6. The van der Waals surface area contributed by atoms with Gasteiger partial charge >= 0.3 is 0 Å². The van der Waals surface area contributed by atoms with Gasteiger partial charge in [0.05, 0.1) is 19.8 Å². The first-order valence-corrected chi connectivity index (χ1v) is 10.3. The van der Waals surface area contributed by atoms with E-state index in [1.807, 2.05) is 16.8 Å². The van der Waals surface area contributed by atoms with Crippen molar-refractivity contribution in [2.75, 3.05) is 81.9 Å². The van der Waals surface area contributed by atoms with Crippen molar-refractivity contribution in [2.24, 2.45) is 0 Å². The number of carbonyl (C=O) groups is 1. The van der Waals surface area contributed by atoms with Gasteiger partial charge in [0.1, 0.15) is 24.7 Å². The summed E-state index contributed by atoms with van der Waals surface area (Å²) in [6, 6.07) is 7.00. The Kier molecular flexibility index (Phi) is 6.68. The molecule has 2 aromatic rings. The number of fused-ring (bicyclic) bond motifs is 1. The molecule has 166 valence electrons. The molecule has 3 heterocycles. The van der Waals surface area contributed by atoms with Crippen LogP contribution in [-0.2, 0) is 9.47 Å². The van der Waals surface area contributed by atoms with E-state index in [0.717, 1.165) is 0 Å². The third-order valence-corrected chi connectivity index (χ3v) is 5.05. The third-order valence-electron chi connectivity index (χ3n) is 5.05. The van der Waals surface area contributed by atoms with Crippen LogP contribution in [0.2, 0.25) is 0 Å². The van der Waals surface area contributed by atoms with Crippen LogP contribution >= 0.6 is 0 Å². The standard InChI is InChI=1S/C21H27N5O5/c1-25(5-8-28-2)19-14-16(23-21(24-19)26-6-9-29-10-7-26)20(27)22-15-3-4-17-18(13-15)31-12-11-30-17/h3-4,13-14H,5-12H2,1-2H3,(H,22,27). The highest BCUT2D eigenvalue weighted by Gasteiger charge is 2.20. The molecular weight excluding hydrogens is 402 g/mol. The van der Waals surface area contributed by atoms with Crippen LogP contribution in [-0.4, -0.2) is 82.7 Å². The first kappa shape index (κ1) is 21.1. The Balaban J connectivity index is 1.58. The summed E-state index contributed by atoms with van der Waals surface area (Å²) in [6.07, 6.45) is 0. The predicted molar refractivity (Wildman–Crippen MR) is 116 cm³/mol. The van der Waals surface area contributed by atoms with Crippen molar-refractivity contribution in [1.29, 1.82) is 0 Å². The van der Waals surface area contributed by atoms with Crippen LogP contribution in [0.3, 0.4) is 0 Å². The number of likely N-dealkylation sites (N-methyl/N-ethyl adjacent to an activating group) is 1. The van der Waals surface area contributed by atoms with Crippen molar-refractivity contribution in [3.63, 3.8) is 0 Å². The van der Waals surface area contributed by atoms with Gasteiger partial charge in [-0.2, -0.15) is 4.98 Å². The minimum atomic E-state index is -0.324. The molecule has 1 aromatic heterocycles. The van der Waals surface area contributed by atoms with E-state index < -0.39 is 0 Å². The van der Waals surface area contributed by atoms with E-state index in [-0.39, 0.29) is 11.6 Å². The zero-order valence-corrected chi connectivity index (χ0v) is 17.8. The van der Waals surface area contributed by atoms with E-state index in [9.17, 15) is 4.79 Å². The molecule has 0 saturated carbocycles. The van der Waals surface area contributed by atoms with E-state index in [1.165, 1.54) is 0 Å². The molecule has 0 bridgehead atoms. The van der Waals surface area contributed by atoms with Gasteiger partial charge in [-0.25, -0.2) is 4.98 Å². The molecule has 2 aliphatic heterocycles. The normalized spacial score (nSPS) is 15.5. The number of ether oxygens (including phenoxy) is 4. The lowest BCUT2D eigenvalue weighted by atomic mass is 10.2. The zero-order valence-electron chi connectivity index (χ0n) is 17.8. The number of rotatable bonds is 7. The lowest BCUT2D eigenvalue weighted by molar-refractivity contribution is 0.102. The summed E-state index contributed by atoms with van der Waals surface area (Å²) < 4.78 is 21.7. The van der Waals surface area contributed by atoms with E-state index in [2.05, 4.69) is 15.3 Å². The predicted octanol–water partition coefficient (Wildman–Crippen LogP) is 1.42. The van der Waals surface area contributed by atoms with Crippen molar-refractivity contribution in [3.05, 3.63) is 30.0 Å². The van der Waals surface area contributed by atoms with E-state index in [1.54, 1.807) is 31.4 Å². The number of nitrogens with zero attached hydrogens (tertiary/aromatic N) is 4. The number of methoxy groups -OCH3 is 1. The van der Waals surface area contributed by atoms with Crippen LogP contribution in [0.25, 0.3) is 0 Å². The molecule has 0 aliphatic carbocycles. The first-order chi connectivity index (χ1) is 15.1. The number of nitrogens with one attached hydrogen (secondary N) is 1. The molecule has 31 heavy (non-hydrogen) atoms. The molecule has 10 heteroatoms.